The molecule has 0 heteroatoms. The zero-order valence-corrected chi connectivity index (χ0v) is 26.5. The van der Waals surface area contributed by atoms with E-state index >= 15 is 0 Å². The van der Waals surface area contributed by atoms with Crippen LogP contribution in [0.5, 0.6) is 0 Å². The van der Waals surface area contributed by atoms with Crippen LogP contribution in [0.15, 0.2) is 183 Å². The molecule has 0 aliphatic heterocycles. The van der Waals surface area contributed by atoms with Crippen molar-refractivity contribution in [2.75, 3.05) is 0 Å². The lowest BCUT2D eigenvalue weighted by atomic mass is 9.81. The zero-order valence-electron chi connectivity index (χ0n) is 26.5. The molecule has 9 aromatic rings. The van der Waals surface area contributed by atoms with Gasteiger partial charge in [0.1, 0.15) is 0 Å². The maximum Gasteiger partial charge on any atom is -0.00139 e. The minimum Gasteiger partial charge on any atom is -0.0985 e. The number of fused-ring (bicyclic) bond motifs is 4. The van der Waals surface area contributed by atoms with Crippen LogP contribution in [0.3, 0.4) is 0 Å². The van der Waals surface area contributed by atoms with Crippen molar-refractivity contribution in [3.8, 4) is 44.5 Å². The van der Waals surface area contributed by atoms with Crippen molar-refractivity contribution in [2.24, 2.45) is 0 Å². The van der Waals surface area contributed by atoms with Gasteiger partial charge in [0.15, 0.2) is 0 Å². The first-order valence-electron chi connectivity index (χ1n) is 16.6. The Morgan fingerprint density at radius 2 is 0.521 bits per heavy atom. The van der Waals surface area contributed by atoms with Crippen molar-refractivity contribution in [2.45, 2.75) is 0 Å². The molecule has 48 heavy (non-hydrogen) atoms. The zero-order chi connectivity index (χ0) is 32.0. The first kappa shape index (κ1) is 28.0. The molecule has 0 amide bonds. The third kappa shape index (κ3) is 4.46. The maximum absolute atomic E-state index is 3.97. The molecule has 0 bridgehead atoms. The molecule has 0 aromatic heterocycles. The van der Waals surface area contributed by atoms with Crippen LogP contribution in [0.25, 0.3) is 93.7 Å². The lowest BCUT2D eigenvalue weighted by molar-refractivity contribution is 1.61. The topological polar surface area (TPSA) is 0 Å². The summed E-state index contributed by atoms with van der Waals surface area (Å²) < 4.78 is 0. The van der Waals surface area contributed by atoms with Gasteiger partial charge < -0.3 is 0 Å². The second-order valence-electron chi connectivity index (χ2n) is 12.5. The minimum atomic E-state index is 1.12. The van der Waals surface area contributed by atoms with E-state index in [9.17, 15) is 0 Å². The standard InChI is InChI=1S/C48H32/c1-2-32-24-26-35(27-25-32)45-37-16-6-10-20-41(37)47(42-21-11-7-17-38(42)45)48-43-22-12-8-18-39(43)46(40-19-9-13-23-44(40)48)36-30-28-34(29-31-36)33-14-4-3-5-15-33/h2-31H,1H2. The molecule has 9 aromatic carbocycles. The van der Waals surface area contributed by atoms with Gasteiger partial charge in [0, 0.05) is 0 Å². The maximum atomic E-state index is 3.97. The SMILES string of the molecule is C=Cc1ccc(-c2c3ccccc3c(-c3c4ccccc4c(-c4ccc(-c5ccccc5)cc4)c4ccccc34)c3ccccc23)cc1. The van der Waals surface area contributed by atoms with Crippen molar-refractivity contribution in [3.05, 3.63) is 188 Å². The van der Waals surface area contributed by atoms with Crippen LogP contribution in [0.2, 0.25) is 0 Å². The summed E-state index contributed by atoms with van der Waals surface area (Å²) >= 11 is 0. The van der Waals surface area contributed by atoms with E-state index in [1.54, 1.807) is 0 Å². The van der Waals surface area contributed by atoms with Gasteiger partial charge in [0.05, 0.1) is 0 Å². The second-order valence-corrected chi connectivity index (χ2v) is 12.5. The van der Waals surface area contributed by atoms with Crippen LogP contribution in [0.1, 0.15) is 5.56 Å². The van der Waals surface area contributed by atoms with Gasteiger partial charge in [0.25, 0.3) is 0 Å². The molecule has 0 fully saturated rings. The molecular formula is C48H32. The van der Waals surface area contributed by atoms with Gasteiger partial charge in [-0.3, -0.25) is 0 Å². The van der Waals surface area contributed by atoms with Crippen molar-refractivity contribution < 1.29 is 0 Å². The highest BCUT2D eigenvalue weighted by atomic mass is 14.2. The van der Waals surface area contributed by atoms with Gasteiger partial charge in [-0.2, -0.15) is 0 Å². The van der Waals surface area contributed by atoms with E-state index in [0.29, 0.717) is 0 Å². The molecule has 0 spiro atoms. The van der Waals surface area contributed by atoms with E-state index in [-0.39, 0.29) is 0 Å². The van der Waals surface area contributed by atoms with Crippen molar-refractivity contribution >= 4 is 49.2 Å². The molecule has 0 aliphatic rings. The van der Waals surface area contributed by atoms with Crippen LogP contribution in [0.4, 0.5) is 0 Å². The van der Waals surface area contributed by atoms with E-state index in [0.717, 1.165) is 5.56 Å². The molecular weight excluding hydrogens is 577 g/mol. The molecule has 0 radical (unpaired) electrons. The number of hydrogen-bond acceptors (Lipinski definition) is 0. The van der Waals surface area contributed by atoms with Crippen LogP contribution < -0.4 is 0 Å². The molecule has 9 rings (SSSR count). The Morgan fingerprint density at radius 1 is 0.250 bits per heavy atom. The molecule has 0 nitrogen and oxygen atoms in total. The van der Waals surface area contributed by atoms with Crippen molar-refractivity contribution in [1.29, 1.82) is 0 Å². The number of hydrogen-bond donors (Lipinski definition) is 0. The fourth-order valence-electron chi connectivity index (χ4n) is 7.66. The first-order chi connectivity index (χ1) is 23.8. The van der Waals surface area contributed by atoms with E-state index < -0.39 is 0 Å². The third-order valence-corrected chi connectivity index (χ3v) is 9.83. The summed E-state index contributed by atoms with van der Waals surface area (Å²) in [6, 6.07) is 64.3. The Balaban J connectivity index is 1.38. The average molecular weight is 609 g/mol. The third-order valence-electron chi connectivity index (χ3n) is 9.83. The summed E-state index contributed by atoms with van der Waals surface area (Å²) in [7, 11) is 0. The summed E-state index contributed by atoms with van der Waals surface area (Å²) in [5, 5.41) is 10.1. The molecule has 0 N–H and O–H groups in total. The van der Waals surface area contributed by atoms with E-state index in [1.165, 1.54) is 87.6 Å². The average Bonchev–Trinajstić information content (AvgIpc) is 3.17. The van der Waals surface area contributed by atoms with Crippen LogP contribution in [0, 0.1) is 0 Å². The summed E-state index contributed by atoms with van der Waals surface area (Å²) in [4.78, 5) is 0. The lowest BCUT2D eigenvalue weighted by Crippen LogP contribution is -1.94. The smallest absolute Gasteiger partial charge is 0.00139 e. The summed E-state index contributed by atoms with van der Waals surface area (Å²) in [5.41, 5.74) is 11.1. The summed E-state index contributed by atoms with van der Waals surface area (Å²) in [5.74, 6) is 0. The van der Waals surface area contributed by atoms with Crippen LogP contribution in [-0.4, -0.2) is 0 Å². The Kier molecular flexibility index (Phi) is 6.73. The van der Waals surface area contributed by atoms with Gasteiger partial charge in [-0.1, -0.05) is 189 Å². The lowest BCUT2D eigenvalue weighted by Gasteiger charge is -2.22. The van der Waals surface area contributed by atoms with Gasteiger partial charge >= 0.3 is 0 Å². The molecule has 0 atom stereocenters. The predicted molar refractivity (Wildman–Crippen MR) is 208 cm³/mol. The molecule has 0 heterocycles. The van der Waals surface area contributed by atoms with Crippen molar-refractivity contribution in [1.82, 2.24) is 0 Å². The molecule has 0 unspecified atom stereocenters. The fourth-order valence-corrected chi connectivity index (χ4v) is 7.66. The Labute approximate surface area is 280 Å². The highest BCUT2D eigenvalue weighted by Crippen LogP contribution is 2.50. The van der Waals surface area contributed by atoms with E-state index in [4.69, 9.17) is 0 Å². The molecule has 0 saturated heterocycles. The predicted octanol–water partition coefficient (Wildman–Crippen LogP) is 13.6. The Hall–Kier alpha value is -6.24. The largest absolute Gasteiger partial charge is 0.0985 e. The first-order valence-corrected chi connectivity index (χ1v) is 16.6. The summed E-state index contributed by atoms with van der Waals surface area (Å²) in [6.07, 6.45) is 1.90. The van der Waals surface area contributed by atoms with Gasteiger partial charge in [-0.25, -0.2) is 0 Å². The van der Waals surface area contributed by atoms with Gasteiger partial charge in [0.2, 0.25) is 0 Å². The molecule has 224 valence electrons. The minimum absolute atomic E-state index is 1.12. The highest BCUT2D eigenvalue weighted by molar-refractivity contribution is 6.29. The molecule has 0 aliphatic carbocycles. The quantitative estimate of drug-likeness (QED) is 0.171. The summed E-state index contributed by atoms with van der Waals surface area (Å²) in [6.45, 7) is 3.97. The number of rotatable bonds is 5. The molecule has 0 saturated carbocycles. The van der Waals surface area contributed by atoms with Crippen LogP contribution in [-0.2, 0) is 0 Å². The Bertz CT molecular complexity index is 2530. The normalized spacial score (nSPS) is 11.4. The van der Waals surface area contributed by atoms with Gasteiger partial charge in [-0.05, 0) is 93.2 Å². The monoisotopic (exact) mass is 608 g/mol. The van der Waals surface area contributed by atoms with Gasteiger partial charge in [-0.15, -0.1) is 0 Å². The fraction of sp³-hybridized carbons (Fsp3) is 0. The highest BCUT2D eigenvalue weighted by Gasteiger charge is 2.22. The Morgan fingerprint density at radius 3 is 0.875 bits per heavy atom. The van der Waals surface area contributed by atoms with E-state index in [1.807, 2.05) is 6.08 Å². The van der Waals surface area contributed by atoms with Crippen LogP contribution >= 0.6 is 0 Å². The second kappa shape index (κ2) is 11.5. The van der Waals surface area contributed by atoms with Crippen molar-refractivity contribution in [3.63, 3.8) is 0 Å². The number of benzene rings is 9. The van der Waals surface area contributed by atoms with E-state index in [2.05, 4.69) is 183 Å².